The molecule has 0 unspecified atom stereocenters. The fourth-order valence-electron chi connectivity index (χ4n) is 2.78. The summed E-state index contributed by atoms with van der Waals surface area (Å²) < 4.78 is 5.83. The second-order valence-electron chi connectivity index (χ2n) is 6.43. The second-order valence-corrected chi connectivity index (χ2v) is 6.94. The zero-order valence-corrected chi connectivity index (χ0v) is 15.7. The fraction of sp³-hybridized carbons (Fsp3) is 0.455. The highest BCUT2D eigenvalue weighted by molar-refractivity contribution is 7.80. The van der Waals surface area contributed by atoms with Gasteiger partial charge < -0.3 is 4.74 Å². The number of hydrogen-bond donors (Lipinski definition) is 1. The van der Waals surface area contributed by atoms with E-state index < -0.39 is 0 Å². The molecule has 0 saturated carbocycles. The molecule has 0 spiro atoms. The van der Waals surface area contributed by atoms with Gasteiger partial charge in [-0.3, -0.25) is 0 Å². The molecule has 24 heavy (non-hydrogen) atoms. The van der Waals surface area contributed by atoms with Crippen molar-refractivity contribution in [3.05, 3.63) is 59.7 Å². The highest BCUT2D eigenvalue weighted by Gasteiger charge is 1.98. The van der Waals surface area contributed by atoms with Gasteiger partial charge in [-0.15, -0.1) is 12.6 Å². The molecule has 2 heteroatoms. The zero-order chi connectivity index (χ0) is 17.0. The van der Waals surface area contributed by atoms with E-state index >= 15 is 0 Å². The van der Waals surface area contributed by atoms with E-state index in [1.165, 1.54) is 43.2 Å². The van der Waals surface area contributed by atoms with Gasteiger partial charge in [0, 0.05) is 4.90 Å². The summed E-state index contributed by atoms with van der Waals surface area (Å²) in [5.74, 6) is 0.992. The molecule has 0 fully saturated rings. The molecule has 0 atom stereocenters. The number of unbranched alkanes of at least 4 members (excludes halogenated alkanes) is 5. The average Bonchev–Trinajstić information content (AvgIpc) is 2.61. The summed E-state index contributed by atoms with van der Waals surface area (Å²) in [4.78, 5) is 1.02. The standard InChI is InChI=1S/C22H30OS/c1-2-3-4-5-6-7-18-23-21-14-10-19(11-15-21)8-9-20-12-16-22(24)17-13-20/h10-17,24H,2-9,18H2,1H3. The lowest BCUT2D eigenvalue weighted by Gasteiger charge is -2.08. The third kappa shape index (κ3) is 7.44. The Labute approximate surface area is 152 Å². The van der Waals surface area contributed by atoms with E-state index in [9.17, 15) is 0 Å². The Balaban J connectivity index is 1.64. The van der Waals surface area contributed by atoms with Crippen LogP contribution in [-0.4, -0.2) is 6.61 Å². The summed E-state index contributed by atoms with van der Waals surface area (Å²) in [5.41, 5.74) is 2.72. The van der Waals surface area contributed by atoms with Gasteiger partial charge in [-0.05, 0) is 54.7 Å². The molecule has 130 valence electrons. The van der Waals surface area contributed by atoms with Gasteiger partial charge in [0.05, 0.1) is 6.61 Å². The summed E-state index contributed by atoms with van der Waals surface area (Å²) in [7, 11) is 0. The molecular weight excluding hydrogens is 312 g/mol. The summed E-state index contributed by atoms with van der Waals surface area (Å²) in [6.45, 7) is 3.09. The van der Waals surface area contributed by atoms with E-state index in [1.807, 2.05) is 0 Å². The topological polar surface area (TPSA) is 9.23 Å². The van der Waals surface area contributed by atoms with Crippen molar-refractivity contribution < 1.29 is 4.74 Å². The summed E-state index contributed by atoms with van der Waals surface area (Å²) in [6.07, 6.45) is 9.93. The Hall–Kier alpha value is -1.41. The highest BCUT2D eigenvalue weighted by Crippen LogP contribution is 2.16. The molecule has 0 amide bonds. The van der Waals surface area contributed by atoms with Gasteiger partial charge in [-0.2, -0.15) is 0 Å². The van der Waals surface area contributed by atoms with E-state index in [2.05, 4.69) is 68.1 Å². The molecule has 0 bridgehead atoms. The van der Waals surface area contributed by atoms with Gasteiger partial charge in [0.2, 0.25) is 0 Å². The van der Waals surface area contributed by atoms with E-state index in [-0.39, 0.29) is 0 Å². The molecule has 0 saturated heterocycles. The van der Waals surface area contributed by atoms with Crippen LogP contribution in [0.25, 0.3) is 0 Å². The quantitative estimate of drug-likeness (QED) is 0.362. The molecule has 2 aromatic rings. The van der Waals surface area contributed by atoms with Gasteiger partial charge in [0.25, 0.3) is 0 Å². The van der Waals surface area contributed by atoms with Crippen LogP contribution >= 0.6 is 12.6 Å². The van der Waals surface area contributed by atoms with E-state index in [0.29, 0.717) is 0 Å². The number of benzene rings is 2. The molecule has 0 heterocycles. The minimum atomic E-state index is 0.835. The number of hydrogen-bond acceptors (Lipinski definition) is 2. The van der Waals surface area contributed by atoms with Crippen molar-refractivity contribution in [2.75, 3.05) is 6.61 Å². The first-order valence-electron chi connectivity index (χ1n) is 9.27. The second kappa shape index (κ2) is 11.2. The zero-order valence-electron chi connectivity index (χ0n) is 14.8. The lowest BCUT2D eigenvalue weighted by Crippen LogP contribution is -1.98. The number of thiol groups is 1. The van der Waals surface area contributed by atoms with Gasteiger partial charge in [-0.25, -0.2) is 0 Å². The Morgan fingerprint density at radius 2 is 1.25 bits per heavy atom. The molecule has 2 aromatic carbocycles. The molecular formula is C22H30OS. The van der Waals surface area contributed by atoms with Crippen LogP contribution in [0, 0.1) is 0 Å². The van der Waals surface area contributed by atoms with E-state index in [4.69, 9.17) is 4.74 Å². The first-order chi connectivity index (χ1) is 11.8. The molecule has 0 aliphatic rings. The largest absolute Gasteiger partial charge is 0.494 e. The van der Waals surface area contributed by atoms with Crippen molar-refractivity contribution in [1.29, 1.82) is 0 Å². The maximum atomic E-state index is 5.83. The van der Waals surface area contributed by atoms with E-state index in [1.54, 1.807) is 0 Å². The summed E-state index contributed by atoms with van der Waals surface area (Å²) in [5, 5.41) is 0. The first-order valence-corrected chi connectivity index (χ1v) is 9.72. The van der Waals surface area contributed by atoms with Crippen LogP contribution in [0.4, 0.5) is 0 Å². The smallest absolute Gasteiger partial charge is 0.119 e. The molecule has 0 N–H and O–H groups in total. The number of rotatable bonds is 11. The SMILES string of the molecule is CCCCCCCCOc1ccc(CCc2ccc(S)cc2)cc1. The van der Waals surface area contributed by atoms with Crippen LogP contribution < -0.4 is 4.74 Å². The van der Waals surface area contributed by atoms with Crippen molar-refractivity contribution in [3.63, 3.8) is 0 Å². The van der Waals surface area contributed by atoms with Crippen LogP contribution in [0.1, 0.15) is 56.6 Å². The van der Waals surface area contributed by atoms with Crippen LogP contribution in [0.15, 0.2) is 53.4 Å². The minimum absolute atomic E-state index is 0.835. The number of aryl methyl sites for hydroxylation is 2. The summed E-state index contributed by atoms with van der Waals surface area (Å²) in [6, 6.07) is 17.0. The van der Waals surface area contributed by atoms with Crippen molar-refractivity contribution in [2.45, 2.75) is 63.2 Å². The lowest BCUT2D eigenvalue weighted by atomic mass is 10.0. The lowest BCUT2D eigenvalue weighted by molar-refractivity contribution is 0.304. The maximum absolute atomic E-state index is 5.83. The van der Waals surface area contributed by atoms with Gasteiger partial charge in [0.1, 0.15) is 5.75 Å². The Bertz CT molecular complexity index is 560. The average molecular weight is 343 g/mol. The third-order valence-corrected chi connectivity index (χ3v) is 4.63. The molecule has 0 aromatic heterocycles. The van der Waals surface area contributed by atoms with Gasteiger partial charge in [-0.1, -0.05) is 63.3 Å². The molecule has 2 rings (SSSR count). The van der Waals surface area contributed by atoms with Crippen molar-refractivity contribution in [1.82, 2.24) is 0 Å². The number of ether oxygens (including phenoxy) is 1. The van der Waals surface area contributed by atoms with Crippen molar-refractivity contribution >= 4 is 12.6 Å². The highest BCUT2D eigenvalue weighted by atomic mass is 32.1. The van der Waals surface area contributed by atoms with Crippen molar-refractivity contribution in [2.24, 2.45) is 0 Å². The maximum Gasteiger partial charge on any atom is 0.119 e. The molecule has 0 aliphatic carbocycles. The minimum Gasteiger partial charge on any atom is -0.494 e. The Kier molecular flexibility index (Phi) is 8.83. The third-order valence-electron chi connectivity index (χ3n) is 4.33. The van der Waals surface area contributed by atoms with Crippen molar-refractivity contribution in [3.8, 4) is 5.75 Å². The monoisotopic (exact) mass is 342 g/mol. The first kappa shape index (κ1) is 18.9. The Morgan fingerprint density at radius 1 is 0.708 bits per heavy atom. The normalized spacial score (nSPS) is 10.8. The van der Waals surface area contributed by atoms with Crippen LogP contribution in [0.3, 0.4) is 0 Å². The molecule has 0 radical (unpaired) electrons. The van der Waals surface area contributed by atoms with Crippen LogP contribution in [0.5, 0.6) is 5.75 Å². The molecule has 1 nitrogen and oxygen atoms in total. The Morgan fingerprint density at radius 3 is 1.88 bits per heavy atom. The predicted octanol–water partition coefficient (Wildman–Crippen LogP) is 6.50. The predicted molar refractivity (Wildman–Crippen MR) is 106 cm³/mol. The van der Waals surface area contributed by atoms with Gasteiger partial charge >= 0.3 is 0 Å². The van der Waals surface area contributed by atoms with E-state index in [0.717, 1.165) is 36.5 Å². The fourth-order valence-corrected chi connectivity index (χ4v) is 2.93. The summed E-state index contributed by atoms with van der Waals surface area (Å²) >= 11 is 4.32. The molecule has 0 aliphatic heterocycles. The van der Waals surface area contributed by atoms with Gasteiger partial charge in [0.15, 0.2) is 0 Å². The van der Waals surface area contributed by atoms with Crippen LogP contribution in [-0.2, 0) is 12.8 Å². The van der Waals surface area contributed by atoms with Crippen LogP contribution in [0.2, 0.25) is 0 Å².